The number of rotatable bonds is 8. The average molecular weight is 407 g/mol. The molecule has 2 aliphatic carbocycles. The Morgan fingerprint density at radius 2 is 1.34 bits per heavy atom. The van der Waals surface area contributed by atoms with Crippen molar-refractivity contribution in [2.45, 2.75) is 96.3 Å². The summed E-state index contributed by atoms with van der Waals surface area (Å²) >= 11 is 0. The minimum Gasteiger partial charge on any atom is -0.204 e. The highest BCUT2D eigenvalue weighted by molar-refractivity contribution is 5.23. The molecule has 2 saturated carbocycles. The van der Waals surface area contributed by atoms with E-state index in [4.69, 9.17) is 0 Å². The van der Waals surface area contributed by atoms with Crippen molar-refractivity contribution in [3.8, 4) is 0 Å². The van der Waals surface area contributed by atoms with Gasteiger partial charge in [0.2, 0.25) is 0 Å². The molecule has 1 aromatic rings. The standard InChI is InChI=1S/C26H37F3/c1-2-3-4-5-6-7-8-19-9-11-20(12-10-19)21-13-15-22(16-14-21)23-17-24(27)26(29)25(28)18-23/h4-5,17-22H,2-3,6-16H2,1H3/b5-4+. The molecule has 0 N–H and O–H groups in total. The number of allylic oxidation sites excluding steroid dienone is 2. The molecule has 2 aliphatic rings. The third kappa shape index (κ3) is 6.36. The number of benzene rings is 1. The molecular formula is C26H37F3. The highest BCUT2D eigenvalue weighted by atomic mass is 19.2. The summed E-state index contributed by atoms with van der Waals surface area (Å²) in [6.07, 6.45) is 20.7. The Morgan fingerprint density at radius 3 is 1.93 bits per heavy atom. The highest BCUT2D eigenvalue weighted by Gasteiger charge is 2.31. The van der Waals surface area contributed by atoms with Gasteiger partial charge < -0.3 is 0 Å². The zero-order chi connectivity index (χ0) is 20.6. The van der Waals surface area contributed by atoms with Crippen LogP contribution in [0.25, 0.3) is 0 Å². The van der Waals surface area contributed by atoms with Crippen molar-refractivity contribution >= 4 is 0 Å². The quantitative estimate of drug-likeness (QED) is 0.230. The zero-order valence-corrected chi connectivity index (χ0v) is 17.9. The molecule has 0 aromatic heterocycles. The summed E-state index contributed by atoms with van der Waals surface area (Å²) in [6, 6.07) is 2.40. The molecule has 0 nitrogen and oxygen atoms in total. The van der Waals surface area contributed by atoms with E-state index in [2.05, 4.69) is 19.1 Å². The van der Waals surface area contributed by atoms with Crippen LogP contribution in [-0.2, 0) is 0 Å². The molecule has 0 heterocycles. The van der Waals surface area contributed by atoms with Gasteiger partial charge in [-0.3, -0.25) is 0 Å². The molecule has 162 valence electrons. The Balaban J connectivity index is 1.38. The maximum atomic E-state index is 13.5. The summed E-state index contributed by atoms with van der Waals surface area (Å²) in [4.78, 5) is 0. The normalized spacial score (nSPS) is 28.1. The molecule has 0 amide bonds. The van der Waals surface area contributed by atoms with E-state index in [1.807, 2.05) is 0 Å². The second kappa shape index (κ2) is 11.2. The molecule has 29 heavy (non-hydrogen) atoms. The molecule has 3 heteroatoms. The summed E-state index contributed by atoms with van der Waals surface area (Å²) in [5.74, 6) is -0.781. The first-order valence-corrected chi connectivity index (χ1v) is 11.9. The second-order valence-corrected chi connectivity index (χ2v) is 9.38. The van der Waals surface area contributed by atoms with Crippen LogP contribution >= 0.6 is 0 Å². The number of hydrogen-bond acceptors (Lipinski definition) is 0. The summed E-state index contributed by atoms with van der Waals surface area (Å²) in [5, 5.41) is 0. The molecule has 0 bridgehead atoms. The predicted octanol–water partition coefficient (Wildman–Crippen LogP) is 8.71. The molecule has 0 radical (unpaired) electrons. The minimum atomic E-state index is -1.35. The van der Waals surface area contributed by atoms with Gasteiger partial charge in [0.1, 0.15) is 0 Å². The minimum absolute atomic E-state index is 0.174. The molecule has 0 unspecified atom stereocenters. The van der Waals surface area contributed by atoms with Crippen molar-refractivity contribution in [2.75, 3.05) is 0 Å². The van der Waals surface area contributed by atoms with Crippen molar-refractivity contribution in [1.29, 1.82) is 0 Å². The number of hydrogen-bond donors (Lipinski definition) is 0. The van der Waals surface area contributed by atoms with Crippen LogP contribution in [0.15, 0.2) is 24.3 Å². The van der Waals surface area contributed by atoms with E-state index in [1.165, 1.54) is 69.9 Å². The molecule has 0 atom stereocenters. The first-order valence-electron chi connectivity index (χ1n) is 11.9. The largest absolute Gasteiger partial charge is 0.204 e. The van der Waals surface area contributed by atoms with Crippen molar-refractivity contribution in [1.82, 2.24) is 0 Å². The van der Waals surface area contributed by atoms with E-state index in [9.17, 15) is 13.2 Å². The molecule has 2 fully saturated rings. The van der Waals surface area contributed by atoms with E-state index in [0.29, 0.717) is 5.56 Å². The van der Waals surface area contributed by atoms with Gasteiger partial charge in [0.05, 0.1) is 0 Å². The summed E-state index contributed by atoms with van der Waals surface area (Å²) < 4.78 is 40.3. The maximum absolute atomic E-state index is 13.5. The Morgan fingerprint density at radius 1 is 0.793 bits per heavy atom. The number of halogens is 3. The fraction of sp³-hybridized carbons (Fsp3) is 0.692. The van der Waals surface area contributed by atoms with Crippen LogP contribution in [0.1, 0.15) is 102 Å². The Bertz CT molecular complexity index is 627. The molecule has 0 saturated heterocycles. The van der Waals surface area contributed by atoms with Gasteiger partial charge in [0.25, 0.3) is 0 Å². The Kier molecular flexibility index (Phi) is 8.68. The van der Waals surface area contributed by atoms with E-state index < -0.39 is 17.5 Å². The topological polar surface area (TPSA) is 0 Å². The fourth-order valence-corrected chi connectivity index (χ4v) is 5.61. The van der Waals surface area contributed by atoms with E-state index in [0.717, 1.165) is 43.4 Å². The van der Waals surface area contributed by atoms with Gasteiger partial charge in [-0.05, 0) is 99.2 Å². The third-order valence-electron chi connectivity index (χ3n) is 7.41. The summed E-state index contributed by atoms with van der Waals surface area (Å²) in [7, 11) is 0. The van der Waals surface area contributed by atoms with Gasteiger partial charge in [-0.15, -0.1) is 0 Å². The second-order valence-electron chi connectivity index (χ2n) is 9.38. The SMILES string of the molecule is CCC/C=C/CCCC1CCC(C2CCC(c3cc(F)c(F)c(F)c3)CC2)CC1. The van der Waals surface area contributed by atoms with Crippen LogP contribution in [0.3, 0.4) is 0 Å². The molecule has 1 aromatic carbocycles. The average Bonchev–Trinajstić information content (AvgIpc) is 2.75. The van der Waals surface area contributed by atoms with Crippen LogP contribution < -0.4 is 0 Å². The molecule has 0 spiro atoms. The summed E-state index contributed by atoms with van der Waals surface area (Å²) in [6.45, 7) is 2.22. The molecule has 0 aliphatic heterocycles. The van der Waals surface area contributed by atoms with E-state index >= 15 is 0 Å². The zero-order valence-electron chi connectivity index (χ0n) is 17.9. The van der Waals surface area contributed by atoms with Crippen LogP contribution in [0.5, 0.6) is 0 Å². The third-order valence-corrected chi connectivity index (χ3v) is 7.41. The lowest BCUT2D eigenvalue weighted by atomic mass is 9.68. The van der Waals surface area contributed by atoms with Crippen molar-refractivity contribution in [3.63, 3.8) is 0 Å². The lowest BCUT2D eigenvalue weighted by Crippen LogP contribution is -2.25. The van der Waals surface area contributed by atoms with Gasteiger partial charge in [0.15, 0.2) is 17.5 Å². The lowest BCUT2D eigenvalue weighted by molar-refractivity contribution is 0.156. The van der Waals surface area contributed by atoms with Crippen molar-refractivity contribution in [3.05, 3.63) is 47.3 Å². The predicted molar refractivity (Wildman–Crippen MR) is 114 cm³/mol. The maximum Gasteiger partial charge on any atom is 0.194 e. The van der Waals surface area contributed by atoms with Crippen LogP contribution in [-0.4, -0.2) is 0 Å². The van der Waals surface area contributed by atoms with E-state index in [1.54, 1.807) is 0 Å². The summed E-state index contributed by atoms with van der Waals surface area (Å²) in [5.41, 5.74) is 0.636. The van der Waals surface area contributed by atoms with Gasteiger partial charge in [-0.25, -0.2) is 13.2 Å². The fourth-order valence-electron chi connectivity index (χ4n) is 5.61. The van der Waals surface area contributed by atoms with Gasteiger partial charge in [-0.1, -0.05) is 44.8 Å². The van der Waals surface area contributed by atoms with Crippen molar-refractivity contribution in [2.24, 2.45) is 17.8 Å². The van der Waals surface area contributed by atoms with Crippen LogP contribution in [0.2, 0.25) is 0 Å². The first-order chi connectivity index (χ1) is 14.1. The van der Waals surface area contributed by atoms with Gasteiger partial charge >= 0.3 is 0 Å². The highest BCUT2D eigenvalue weighted by Crippen LogP contribution is 2.44. The lowest BCUT2D eigenvalue weighted by Gasteiger charge is -2.38. The van der Waals surface area contributed by atoms with Gasteiger partial charge in [-0.2, -0.15) is 0 Å². The Hall–Kier alpha value is -1.25. The molecule has 3 rings (SSSR count). The first kappa shape index (κ1) is 22.4. The van der Waals surface area contributed by atoms with Gasteiger partial charge in [0, 0.05) is 0 Å². The van der Waals surface area contributed by atoms with Crippen molar-refractivity contribution < 1.29 is 13.2 Å². The Labute approximate surface area is 175 Å². The number of unbranched alkanes of at least 4 members (excludes halogenated alkanes) is 2. The monoisotopic (exact) mass is 406 g/mol. The smallest absolute Gasteiger partial charge is 0.194 e. The van der Waals surface area contributed by atoms with Crippen LogP contribution in [0, 0.1) is 35.2 Å². The molecular weight excluding hydrogens is 369 g/mol. The van der Waals surface area contributed by atoms with E-state index in [-0.39, 0.29) is 5.92 Å². The van der Waals surface area contributed by atoms with Crippen LogP contribution in [0.4, 0.5) is 13.2 Å².